The van der Waals surface area contributed by atoms with E-state index in [1.165, 1.54) is 5.56 Å². The maximum absolute atomic E-state index is 12.4. The average Bonchev–Trinajstić information content (AvgIpc) is 3.38. The largest absolute Gasteiger partial charge is 0.325 e. The number of rotatable bonds is 8. The Bertz CT molecular complexity index is 1030. The molecule has 3 aromatic rings. The van der Waals surface area contributed by atoms with Crippen LogP contribution in [0.5, 0.6) is 0 Å². The molecule has 1 N–H and O–H groups in total. The van der Waals surface area contributed by atoms with Gasteiger partial charge >= 0.3 is 0 Å². The molecule has 0 unspecified atom stereocenters. The van der Waals surface area contributed by atoms with Gasteiger partial charge < -0.3 is 10.2 Å². The van der Waals surface area contributed by atoms with Gasteiger partial charge in [-0.25, -0.2) is 0 Å². The van der Waals surface area contributed by atoms with Crippen molar-refractivity contribution in [2.24, 2.45) is 0 Å². The van der Waals surface area contributed by atoms with Gasteiger partial charge in [0, 0.05) is 42.6 Å². The summed E-state index contributed by atoms with van der Waals surface area (Å²) < 4.78 is 1.91. The number of amides is 2. The maximum Gasteiger partial charge on any atom is 0.238 e. The first-order valence-corrected chi connectivity index (χ1v) is 10.5. The normalized spacial score (nSPS) is 13.7. The van der Waals surface area contributed by atoms with Crippen LogP contribution in [0, 0.1) is 0 Å². The topological polar surface area (TPSA) is 70.5 Å². The standard InChI is InChI=1S/C24H27N5O2/c1-27(15-20-14-25-28(17-20)16-19-6-3-2-4-7-19)18-23(30)26-21-9-11-22(12-10-21)29-13-5-8-24(29)31/h2-4,6-7,9-12,14,17H,5,8,13,15-16,18H2,1H3,(H,26,30). The first-order valence-electron chi connectivity index (χ1n) is 10.5. The Balaban J connectivity index is 1.25. The second-order valence-electron chi connectivity index (χ2n) is 7.95. The fourth-order valence-corrected chi connectivity index (χ4v) is 3.80. The molecule has 1 saturated heterocycles. The Kier molecular flexibility index (Phi) is 6.43. The van der Waals surface area contributed by atoms with Crippen LogP contribution in [0.15, 0.2) is 67.0 Å². The third-order valence-electron chi connectivity index (χ3n) is 5.28. The molecular weight excluding hydrogens is 390 g/mol. The average molecular weight is 418 g/mol. The van der Waals surface area contributed by atoms with Crippen LogP contribution in [0.2, 0.25) is 0 Å². The first-order chi connectivity index (χ1) is 15.1. The lowest BCUT2D eigenvalue weighted by Crippen LogP contribution is -2.29. The minimum atomic E-state index is -0.0795. The van der Waals surface area contributed by atoms with E-state index < -0.39 is 0 Å². The van der Waals surface area contributed by atoms with Gasteiger partial charge in [-0.3, -0.25) is 19.2 Å². The van der Waals surface area contributed by atoms with Gasteiger partial charge in [0.15, 0.2) is 0 Å². The molecule has 31 heavy (non-hydrogen) atoms. The summed E-state index contributed by atoms with van der Waals surface area (Å²) in [7, 11) is 1.91. The molecule has 0 aliphatic carbocycles. The van der Waals surface area contributed by atoms with E-state index in [1.54, 1.807) is 4.90 Å². The SMILES string of the molecule is CN(CC(=O)Nc1ccc(N2CCCC2=O)cc1)Cc1cnn(Cc2ccccc2)c1. The summed E-state index contributed by atoms with van der Waals surface area (Å²) in [5.41, 5.74) is 3.87. The Labute approximate surface area is 182 Å². The van der Waals surface area contributed by atoms with E-state index in [9.17, 15) is 9.59 Å². The molecule has 1 aliphatic rings. The molecule has 1 aromatic heterocycles. The van der Waals surface area contributed by atoms with Crippen molar-refractivity contribution in [1.82, 2.24) is 14.7 Å². The molecule has 7 heteroatoms. The smallest absolute Gasteiger partial charge is 0.238 e. The number of hydrogen-bond acceptors (Lipinski definition) is 4. The molecule has 2 amide bonds. The molecule has 0 saturated carbocycles. The molecule has 4 rings (SSSR count). The molecule has 160 valence electrons. The lowest BCUT2D eigenvalue weighted by molar-refractivity contribution is -0.117. The summed E-state index contributed by atoms with van der Waals surface area (Å²) >= 11 is 0. The predicted octanol–water partition coefficient (Wildman–Crippen LogP) is 3.13. The van der Waals surface area contributed by atoms with Gasteiger partial charge in [-0.15, -0.1) is 0 Å². The molecule has 0 radical (unpaired) electrons. The highest BCUT2D eigenvalue weighted by Gasteiger charge is 2.21. The minimum Gasteiger partial charge on any atom is -0.325 e. The summed E-state index contributed by atoms with van der Waals surface area (Å²) in [5, 5.41) is 7.34. The number of nitrogens with one attached hydrogen (secondary N) is 1. The Morgan fingerprint density at radius 3 is 2.58 bits per heavy atom. The highest BCUT2D eigenvalue weighted by molar-refractivity contribution is 5.96. The quantitative estimate of drug-likeness (QED) is 0.611. The second-order valence-corrected chi connectivity index (χ2v) is 7.95. The van der Waals surface area contributed by atoms with Gasteiger partial charge in [0.25, 0.3) is 0 Å². The van der Waals surface area contributed by atoms with Crippen LogP contribution in [0.25, 0.3) is 0 Å². The number of carbonyl (C=O) groups excluding carboxylic acids is 2. The van der Waals surface area contributed by atoms with E-state index >= 15 is 0 Å². The predicted molar refractivity (Wildman–Crippen MR) is 121 cm³/mol. The zero-order valence-corrected chi connectivity index (χ0v) is 17.7. The van der Waals surface area contributed by atoms with Crippen LogP contribution in [0.1, 0.15) is 24.0 Å². The van der Waals surface area contributed by atoms with Crippen molar-refractivity contribution in [2.75, 3.05) is 30.4 Å². The molecule has 1 fully saturated rings. The van der Waals surface area contributed by atoms with Crippen LogP contribution < -0.4 is 10.2 Å². The van der Waals surface area contributed by atoms with Gasteiger partial charge in [0.1, 0.15) is 0 Å². The first kappa shape index (κ1) is 20.8. The Morgan fingerprint density at radius 2 is 1.87 bits per heavy atom. The molecule has 0 bridgehead atoms. The Hall–Kier alpha value is -3.45. The van der Waals surface area contributed by atoms with E-state index in [1.807, 2.05) is 71.5 Å². The number of likely N-dealkylation sites (N-methyl/N-ethyl adjacent to an activating group) is 1. The van der Waals surface area contributed by atoms with Crippen LogP contribution in [-0.2, 0) is 22.7 Å². The third-order valence-corrected chi connectivity index (χ3v) is 5.28. The fraction of sp³-hybridized carbons (Fsp3) is 0.292. The molecule has 2 aromatic carbocycles. The number of anilines is 2. The lowest BCUT2D eigenvalue weighted by Gasteiger charge is -2.17. The summed E-state index contributed by atoms with van der Waals surface area (Å²) in [6.07, 6.45) is 5.36. The van der Waals surface area contributed by atoms with Crippen molar-refractivity contribution in [2.45, 2.75) is 25.9 Å². The number of carbonyl (C=O) groups is 2. The van der Waals surface area contributed by atoms with Gasteiger partial charge in [0.2, 0.25) is 11.8 Å². The summed E-state index contributed by atoms with van der Waals surface area (Å²) in [4.78, 5) is 28.0. The van der Waals surface area contributed by atoms with Gasteiger partial charge in [-0.2, -0.15) is 5.10 Å². The lowest BCUT2D eigenvalue weighted by atomic mass is 10.2. The highest BCUT2D eigenvalue weighted by atomic mass is 16.2. The number of benzene rings is 2. The van der Waals surface area contributed by atoms with Crippen molar-refractivity contribution in [3.63, 3.8) is 0 Å². The van der Waals surface area contributed by atoms with Crippen molar-refractivity contribution < 1.29 is 9.59 Å². The summed E-state index contributed by atoms with van der Waals surface area (Å²) in [6, 6.07) is 17.6. The maximum atomic E-state index is 12.4. The van der Waals surface area contributed by atoms with Gasteiger partial charge in [-0.1, -0.05) is 30.3 Å². The van der Waals surface area contributed by atoms with E-state index in [0.29, 0.717) is 13.0 Å². The van der Waals surface area contributed by atoms with Gasteiger partial charge in [-0.05, 0) is 43.3 Å². The van der Waals surface area contributed by atoms with Crippen LogP contribution >= 0.6 is 0 Å². The zero-order valence-electron chi connectivity index (χ0n) is 17.7. The summed E-state index contributed by atoms with van der Waals surface area (Å²) in [6.45, 7) is 2.40. The van der Waals surface area contributed by atoms with E-state index in [2.05, 4.69) is 22.5 Å². The van der Waals surface area contributed by atoms with Crippen LogP contribution in [0.3, 0.4) is 0 Å². The zero-order chi connectivity index (χ0) is 21.6. The van der Waals surface area contributed by atoms with Crippen LogP contribution in [0.4, 0.5) is 11.4 Å². The number of nitrogens with zero attached hydrogens (tertiary/aromatic N) is 4. The van der Waals surface area contributed by atoms with E-state index in [-0.39, 0.29) is 18.4 Å². The monoisotopic (exact) mass is 417 g/mol. The fourth-order valence-electron chi connectivity index (χ4n) is 3.80. The number of aromatic nitrogens is 2. The molecule has 2 heterocycles. The van der Waals surface area contributed by atoms with Crippen molar-refractivity contribution in [1.29, 1.82) is 0 Å². The molecule has 7 nitrogen and oxygen atoms in total. The van der Waals surface area contributed by atoms with Crippen molar-refractivity contribution >= 4 is 23.2 Å². The number of hydrogen-bond donors (Lipinski definition) is 1. The Morgan fingerprint density at radius 1 is 1.10 bits per heavy atom. The van der Waals surface area contributed by atoms with Gasteiger partial charge in [0.05, 0.1) is 19.3 Å². The van der Waals surface area contributed by atoms with Crippen LogP contribution in [-0.4, -0.2) is 46.6 Å². The molecular formula is C24H27N5O2. The molecule has 0 atom stereocenters. The van der Waals surface area contributed by atoms with E-state index in [4.69, 9.17) is 0 Å². The highest BCUT2D eigenvalue weighted by Crippen LogP contribution is 2.23. The van der Waals surface area contributed by atoms with Crippen molar-refractivity contribution in [3.05, 3.63) is 78.1 Å². The molecule has 0 spiro atoms. The van der Waals surface area contributed by atoms with E-state index in [0.717, 1.165) is 36.4 Å². The van der Waals surface area contributed by atoms with Crippen molar-refractivity contribution in [3.8, 4) is 0 Å². The molecule has 1 aliphatic heterocycles. The minimum absolute atomic E-state index is 0.0795. The second kappa shape index (κ2) is 9.57. The third kappa shape index (κ3) is 5.58. The summed E-state index contributed by atoms with van der Waals surface area (Å²) in [5.74, 6) is 0.0784.